The summed E-state index contributed by atoms with van der Waals surface area (Å²) in [6, 6.07) is 12.3. The van der Waals surface area contributed by atoms with E-state index in [-0.39, 0.29) is 11.8 Å². The number of carbonyl (C=O) groups is 1. The zero-order valence-corrected chi connectivity index (χ0v) is 16.6. The van der Waals surface area contributed by atoms with Crippen LogP contribution in [0.3, 0.4) is 0 Å². The van der Waals surface area contributed by atoms with Gasteiger partial charge in [0, 0.05) is 41.3 Å². The Morgan fingerprint density at radius 3 is 2.81 bits per heavy atom. The lowest BCUT2D eigenvalue weighted by molar-refractivity contribution is -0.135. The van der Waals surface area contributed by atoms with Crippen molar-refractivity contribution in [1.29, 1.82) is 0 Å². The highest BCUT2D eigenvalue weighted by Crippen LogP contribution is 2.28. The number of hydrogen-bond acceptors (Lipinski definition) is 2. The van der Waals surface area contributed by atoms with Gasteiger partial charge in [-0.1, -0.05) is 43.6 Å². The molecule has 1 aromatic carbocycles. The van der Waals surface area contributed by atoms with Crippen LogP contribution in [0, 0.1) is 12.8 Å². The zero-order chi connectivity index (χ0) is 18.7. The highest BCUT2D eigenvalue weighted by atomic mass is 35.5. The van der Waals surface area contributed by atoms with Crippen molar-refractivity contribution in [2.24, 2.45) is 5.92 Å². The first-order chi connectivity index (χ1) is 12.4. The van der Waals surface area contributed by atoms with Crippen molar-refractivity contribution >= 4 is 17.5 Å². The van der Waals surface area contributed by atoms with Crippen LogP contribution in [-0.4, -0.2) is 28.9 Å². The summed E-state index contributed by atoms with van der Waals surface area (Å²) in [6.45, 7) is 7.63. The third-order valence-electron chi connectivity index (χ3n) is 5.03. The van der Waals surface area contributed by atoms with Gasteiger partial charge in [0.15, 0.2) is 0 Å². The molecule has 2 aromatic rings. The fourth-order valence-corrected chi connectivity index (χ4v) is 3.93. The maximum absolute atomic E-state index is 12.4. The monoisotopic (exact) mass is 370 g/mol. The van der Waals surface area contributed by atoms with Crippen molar-refractivity contribution in [3.05, 3.63) is 63.9 Å². The summed E-state index contributed by atoms with van der Waals surface area (Å²) in [6.07, 6.45) is 2.93. The minimum atomic E-state index is 0.0509. The van der Waals surface area contributed by atoms with Crippen molar-refractivity contribution < 1.29 is 4.79 Å². The first-order valence-corrected chi connectivity index (χ1v) is 9.81. The number of piperidine rings is 1. The molecule has 0 bridgehead atoms. The zero-order valence-electron chi connectivity index (χ0n) is 15.8. The second-order valence-corrected chi connectivity index (χ2v) is 8.00. The van der Waals surface area contributed by atoms with Gasteiger partial charge in [0.2, 0.25) is 5.91 Å². The first kappa shape index (κ1) is 18.9. The number of aryl methyl sites for hydroxylation is 1. The molecule has 0 aliphatic carbocycles. The van der Waals surface area contributed by atoms with Crippen LogP contribution >= 0.6 is 11.6 Å². The van der Waals surface area contributed by atoms with Crippen LogP contribution in [0.5, 0.6) is 0 Å². The molecule has 1 saturated heterocycles. The van der Waals surface area contributed by atoms with Gasteiger partial charge in [0.1, 0.15) is 0 Å². The van der Waals surface area contributed by atoms with Crippen LogP contribution in [0.25, 0.3) is 0 Å². The number of benzene rings is 1. The third-order valence-corrected chi connectivity index (χ3v) is 5.40. The Balaban J connectivity index is 1.81. The van der Waals surface area contributed by atoms with Crippen LogP contribution in [-0.2, 0) is 11.2 Å². The lowest BCUT2D eigenvalue weighted by atomic mass is 9.91. The maximum Gasteiger partial charge on any atom is 0.225 e. The predicted octanol–water partition coefficient (Wildman–Crippen LogP) is 5.00. The lowest BCUT2D eigenvalue weighted by Gasteiger charge is -2.34. The number of amides is 1. The Labute approximate surface area is 161 Å². The van der Waals surface area contributed by atoms with Gasteiger partial charge < -0.3 is 4.90 Å². The molecule has 3 rings (SSSR count). The van der Waals surface area contributed by atoms with Gasteiger partial charge in [-0.05, 0) is 55.5 Å². The molecule has 0 spiro atoms. The Bertz CT molecular complexity index is 787. The van der Waals surface area contributed by atoms with Gasteiger partial charge in [0.05, 0.1) is 0 Å². The largest absolute Gasteiger partial charge is 0.342 e. The molecule has 2 heterocycles. The van der Waals surface area contributed by atoms with E-state index >= 15 is 0 Å². The summed E-state index contributed by atoms with van der Waals surface area (Å²) >= 11 is 6.33. The van der Waals surface area contributed by atoms with Gasteiger partial charge in [-0.2, -0.15) is 0 Å². The first-order valence-electron chi connectivity index (χ1n) is 9.43. The summed E-state index contributed by atoms with van der Waals surface area (Å²) in [5.74, 6) is 0.616. The molecule has 1 aliphatic heterocycles. The van der Waals surface area contributed by atoms with E-state index in [1.54, 1.807) is 0 Å². The topological polar surface area (TPSA) is 33.2 Å². The quantitative estimate of drug-likeness (QED) is 0.759. The third kappa shape index (κ3) is 4.45. The summed E-state index contributed by atoms with van der Waals surface area (Å²) in [7, 11) is 0. The normalized spacial score (nSPS) is 17.6. The molecule has 1 fully saturated rings. The molecule has 0 saturated carbocycles. The molecule has 0 unspecified atom stereocenters. The van der Waals surface area contributed by atoms with Gasteiger partial charge >= 0.3 is 0 Å². The number of likely N-dealkylation sites (tertiary alicyclic amines) is 1. The van der Waals surface area contributed by atoms with Gasteiger partial charge in [0.25, 0.3) is 0 Å². The minimum absolute atomic E-state index is 0.0509. The molecule has 1 aromatic heterocycles. The van der Waals surface area contributed by atoms with E-state index < -0.39 is 0 Å². The second kappa shape index (κ2) is 8.22. The molecule has 0 N–H and O–H groups in total. The molecule has 26 heavy (non-hydrogen) atoms. The van der Waals surface area contributed by atoms with E-state index in [1.165, 1.54) is 5.56 Å². The number of hydrogen-bond donors (Lipinski definition) is 0. The van der Waals surface area contributed by atoms with E-state index in [2.05, 4.69) is 18.2 Å². The molecule has 138 valence electrons. The number of pyridine rings is 1. The molecular weight excluding hydrogens is 344 g/mol. The Hall–Kier alpha value is -1.87. The number of carbonyl (C=O) groups excluding carboxylic acids is 1. The SMILES string of the molecule is Cc1cc(Cc2ccccc2Cl)cc([C@@H]2CCCN(C(=O)C(C)C)C2)n1. The smallest absolute Gasteiger partial charge is 0.225 e. The fraction of sp³-hybridized carbons (Fsp3) is 0.455. The van der Waals surface area contributed by atoms with Crippen LogP contribution in [0.1, 0.15) is 55.1 Å². The Morgan fingerprint density at radius 2 is 2.08 bits per heavy atom. The molecule has 4 heteroatoms. The van der Waals surface area contributed by atoms with E-state index in [0.717, 1.165) is 54.3 Å². The summed E-state index contributed by atoms with van der Waals surface area (Å²) in [4.78, 5) is 19.2. The molecule has 0 radical (unpaired) electrons. The van der Waals surface area contributed by atoms with Crippen LogP contribution in [0.15, 0.2) is 36.4 Å². The maximum atomic E-state index is 12.4. The standard InChI is InChI=1S/C22H27ClN2O/c1-15(2)22(26)25-10-6-8-19(14-25)21-13-17(11-16(3)24-21)12-18-7-4-5-9-20(18)23/h4-5,7,9,11,13,15,19H,6,8,10,12,14H2,1-3H3/t19-/m1/s1. The summed E-state index contributed by atoms with van der Waals surface area (Å²) in [5.41, 5.74) is 4.49. The number of aromatic nitrogens is 1. The molecule has 1 amide bonds. The Kier molecular flexibility index (Phi) is 5.98. The average molecular weight is 371 g/mol. The van der Waals surface area contributed by atoms with Crippen molar-refractivity contribution in [2.45, 2.75) is 46.0 Å². The number of halogens is 1. The van der Waals surface area contributed by atoms with Crippen molar-refractivity contribution in [3.8, 4) is 0 Å². The highest BCUT2D eigenvalue weighted by molar-refractivity contribution is 6.31. The molecule has 1 atom stereocenters. The predicted molar refractivity (Wildman–Crippen MR) is 107 cm³/mol. The van der Waals surface area contributed by atoms with Gasteiger partial charge in [-0.3, -0.25) is 9.78 Å². The number of rotatable bonds is 4. The highest BCUT2D eigenvalue weighted by Gasteiger charge is 2.27. The summed E-state index contributed by atoms with van der Waals surface area (Å²) in [5, 5.41) is 0.801. The fourth-order valence-electron chi connectivity index (χ4n) is 3.72. The van der Waals surface area contributed by atoms with Crippen LogP contribution in [0.2, 0.25) is 5.02 Å². The van der Waals surface area contributed by atoms with Gasteiger partial charge in [-0.25, -0.2) is 0 Å². The van der Waals surface area contributed by atoms with E-state index in [0.29, 0.717) is 5.92 Å². The van der Waals surface area contributed by atoms with Crippen molar-refractivity contribution in [2.75, 3.05) is 13.1 Å². The Morgan fingerprint density at radius 1 is 1.31 bits per heavy atom. The van der Waals surface area contributed by atoms with E-state index in [4.69, 9.17) is 16.6 Å². The number of nitrogens with zero attached hydrogens (tertiary/aromatic N) is 2. The van der Waals surface area contributed by atoms with Crippen molar-refractivity contribution in [1.82, 2.24) is 9.88 Å². The van der Waals surface area contributed by atoms with Crippen molar-refractivity contribution in [3.63, 3.8) is 0 Å². The molecule has 3 nitrogen and oxygen atoms in total. The summed E-state index contributed by atoms with van der Waals surface area (Å²) < 4.78 is 0. The van der Waals surface area contributed by atoms with Crippen LogP contribution < -0.4 is 0 Å². The minimum Gasteiger partial charge on any atom is -0.342 e. The van der Waals surface area contributed by atoms with Gasteiger partial charge in [-0.15, -0.1) is 0 Å². The van der Waals surface area contributed by atoms with Crippen LogP contribution in [0.4, 0.5) is 0 Å². The second-order valence-electron chi connectivity index (χ2n) is 7.59. The van der Waals surface area contributed by atoms with E-state index in [1.807, 2.05) is 43.9 Å². The lowest BCUT2D eigenvalue weighted by Crippen LogP contribution is -2.41. The average Bonchev–Trinajstić information content (AvgIpc) is 2.62. The molecule has 1 aliphatic rings. The molecular formula is C22H27ClN2O. The van der Waals surface area contributed by atoms with E-state index in [9.17, 15) is 4.79 Å².